The van der Waals surface area contributed by atoms with E-state index in [1.807, 2.05) is 29.2 Å². The number of fused-ring (bicyclic) bond motifs is 1. The molecule has 0 aromatic heterocycles. The minimum Gasteiger partial charge on any atom is -0.340 e. The Bertz CT molecular complexity index is 939. The zero-order valence-corrected chi connectivity index (χ0v) is 17.6. The quantitative estimate of drug-likeness (QED) is 0.777. The van der Waals surface area contributed by atoms with Crippen LogP contribution in [0.5, 0.6) is 0 Å². The number of nitrogens with zero attached hydrogens (tertiary/aromatic N) is 3. The van der Waals surface area contributed by atoms with E-state index in [4.69, 9.17) is 0 Å². The van der Waals surface area contributed by atoms with E-state index in [1.54, 1.807) is 6.07 Å². The Hall–Kier alpha value is -3.19. The predicted molar refractivity (Wildman–Crippen MR) is 120 cm³/mol. The molecule has 0 aliphatic carbocycles. The fraction of sp³-hybridized carbons (Fsp3) is 0.375. The molecule has 1 saturated heterocycles. The van der Waals surface area contributed by atoms with Crippen molar-refractivity contribution >= 4 is 29.1 Å². The first-order chi connectivity index (χ1) is 15.1. The lowest BCUT2D eigenvalue weighted by Crippen LogP contribution is -2.49. The van der Waals surface area contributed by atoms with Crippen LogP contribution < -0.4 is 10.2 Å². The third kappa shape index (κ3) is 5.30. The number of carbonyl (C=O) groups is 3. The molecule has 162 valence electrons. The van der Waals surface area contributed by atoms with Gasteiger partial charge in [-0.05, 0) is 24.1 Å². The van der Waals surface area contributed by atoms with Gasteiger partial charge in [-0.2, -0.15) is 0 Å². The molecule has 1 N–H and O–H groups in total. The molecule has 0 radical (unpaired) electrons. The van der Waals surface area contributed by atoms with Gasteiger partial charge in [0.2, 0.25) is 17.7 Å². The number of piperazine rings is 1. The average Bonchev–Trinajstić information content (AvgIpc) is 2.81. The molecular weight excluding hydrogens is 392 g/mol. The molecule has 0 saturated carbocycles. The van der Waals surface area contributed by atoms with Gasteiger partial charge in [-0.15, -0.1) is 0 Å². The fourth-order valence-corrected chi connectivity index (χ4v) is 4.12. The summed E-state index contributed by atoms with van der Waals surface area (Å²) in [4.78, 5) is 43.0. The number of amides is 3. The monoisotopic (exact) mass is 420 g/mol. The Morgan fingerprint density at radius 1 is 0.839 bits per heavy atom. The number of nitrogens with one attached hydrogen (secondary N) is 1. The van der Waals surface area contributed by atoms with Gasteiger partial charge < -0.3 is 15.1 Å². The minimum atomic E-state index is -0.218. The molecule has 2 aromatic carbocycles. The molecule has 0 spiro atoms. The van der Waals surface area contributed by atoms with Gasteiger partial charge in [-0.3, -0.25) is 19.3 Å². The summed E-state index contributed by atoms with van der Waals surface area (Å²) in [6, 6.07) is 17.7. The molecule has 0 bridgehead atoms. The number of para-hydroxylation sites is 2. The number of rotatable bonds is 6. The Labute approximate surface area is 182 Å². The van der Waals surface area contributed by atoms with Crippen molar-refractivity contribution < 1.29 is 14.4 Å². The van der Waals surface area contributed by atoms with Gasteiger partial charge in [-0.25, -0.2) is 0 Å². The van der Waals surface area contributed by atoms with Gasteiger partial charge >= 0.3 is 0 Å². The van der Waals surface area contributed by atoms with E-state index in [1.165, 1.54) is 10.5 Å². The van der Waals surface area contributed by atoms with E-state index in [2.05, 4.69) is 34.5 Å². The molecular formula is C24H28N4O3. The molecule has 2 aliphatic rings. The molecule has 0 unspecified atom stereocenters. The zero-order valence-electron chi connectivity index (χ0n) is 17.6. The minimum absolute atomic E-state index is 0.00538. The summed E-state index contributed by atoms with van der Waals surface area (Å²) >= 11 is 0. The van der Waals surface area contributed by atoms with Crippen molar-refractivity contribution in [3.05, 3.63) is 60.2 Å². The third-order valence-electron chi connectivity index (χ3n) is 5.91. The van der Waals surface area contributed by atoms with Crippen molar-refractivity contribution in [3.8, 4) is 0 Å². The second-order valence-electron chi connectivity index (χ2n) is 8.00. The van der Waals surface area contributed by atoms with Gasteiger partial charge in [0.1, 0.15) is 6.54 Å². The van der Waals surface area contributed by atoms with E-state index in [0.717, 1.165) is 26.1 Å². The second-order valence-corrected chi connectivity index (χ2v) is 8.00. The largest absolute Gasteiger partial charge is 0.340 e. The molecule has 1 fully saturated rings. The SMILES string of the molecule is O=C1CN(C(=O)CCC(=O)N2CCN(CCc3ccccc3)CC2)c2ccccc2N1. The van der Waals surface area contributed by atoms with Crippen molar-refractivity contribution in [2.75, 3.05) is 49.5 Å². The lowest BCUT2D eigenvalue weighted by molar-refractivity contribution is -0.134. The van der Waals surface area contributed by atoms with Crippen LogP contribution in [0.1, 0.15) is 18.4 Å². The maximum atomic E-state index is 12.7. The van der Waals surface area contributed by atoms with Crippen LogP contribution in [0.4, 0.5) is 11.4 Å². The third-order valence-corrected chi connectivity index (χ3v) is 5.91. The number of hydrogen-bond donors (Lipinski definition) is 1. The smallest absolute Gasteiger partial charge is 0.244 e. The topological polar surface area (TPSA) is 73.0 Å². The van der Waals surface area contributed by atoms with Crippen molar-refractivity contribution in [1.29, 1.82) is 0 Å². The highest BCUT2D eigenvalue weighted by Crippen LogP contribution is 2.29. The Balaban J connectivity index is 1.23. The summed E-state index contributed by atoms with van der Waals surface area (Å²) in [6.07, 6.45) is 1.28. The normalized spacial score (nSPS) is 16.6. The van der Waals surface area contributed by atoms with Crippen LogP contribution in [0.3, 0.4) is 0 Å². The molecule has 4 rings (SSSR count). The molecule has 0 atom stereocenters. The van der Waals surface area contributed by atoms with Crippen LogP contribution in [-0.4, -0.2) is 66.8 Å². The van der Waals surface area contributed by atoms with Gasteiger partial charge in [0.15, 0.2) is 0 Å². The Kier molecular flexibility index (Phi) is 6.62. The highest BCUT2D eigenvalue weighted by Gasteiger charge is 2.28. The average molecular weight is 421 g/mol. The summed E-state index contributed by atoms with van der Waals surface area (Å²) in [6.45, 7) is 4.07. The van der Waals surface area contributed by atoms with Gasteiger partial charge in [-0.1, -0.05) is 42.5 Å². The molecule has 2 aliphatic heterocycles. The Morgan fingerprint density at radius 2 is 1.52 bits per heavy atom. The number of benzene rings is 2. The lowest BCUT2D eigenvalue weighted by Gasteiger charge is -2.35. The predicted octanol–water partition coefficient (Wildman–Crippen LogP) is 2.14. The van der Waals surface area contributed by atoms with Crippen molar-refractivity contribution in [2.45, 2.75) is 19.3 Å². The van der Waals surface area contributed by atoms with E-state index >= 15 is 0 Å². The lowest BCUT2D eigenvalue weighted by atomic mass is 10.1. The van der Waals surface area contributed by atoms with Crippen molar-refractivity contribution in [1.82, 2.24) is 9.80 Å². The molecule has 2 heterocycles. The first-order valence-electron chi connectivity index (χ1n) is 10.8. The molecule has 7 heteroatoms. The molecule has 7 nitrogen and oxygen atoms in total. The number of hydrogen-bond acceptors (Lipinski definition) is 4. The maximum Gasteiger partial charge on any atom is 0.244 e. The number of carbonyl (C=O) groups excluding carboxylic acids is 3. The van der Waals surface area contributed by atoms with E-state index in [-0.39, 0.29) is 37.1 Å². The van der Waals surface area contributed by atoms with Crippen LogP contribution >= 0.6 is 0 Å². The van der Waals surface area contributed by atoms with Crippen LogP contribution in [-0.2, 0) is 20.8 Å². The molecule has 3 amide bonds. The highest BCUT2D eigenvalue weighted by atomic mass is 16.2. The van der Waals surface area contributed by atoms with Crippen LogP contribution in [0.25, 0.3) is 0 Å². The zero-order chi connectivity index (χ0) is 21.6. The summed E-state index contributed by atoms with van der Waals surface area (Å²) in [7, 11) is 0. The fourth-order valence-electron chi connectivity index (χ4n) is 4.12. The van der Waals surface area contributed by atoms with Crippen molar-refractivity contribution in [3.63, 3.8) is 0 Å². The highest BCUT2D eigenvalue weighted by molar-refractivity contribution is 6.10. The van der Waals surface area contributed by atoms with Crippen molar-refractivity contribution in [2.24, 2.45) is 0 Å². The van der Waals surface area contributed by atoms with Crippen LogP contribution in [0.2, 0.25) is 0 Å². The Morgan fingerprint density at radius 3 is 2.29 bits per heavy atom. The van der Waals surface area contributed by atoms with Gasteiger partial charge in [0.05, 0.1) is 11.4 Å². The second kappa shape index (κ2) is 9.75. The summed E-state index contributed by atoms with van der Waals surface area (Å²) < 4.78 is 0. The maximum absolute atomic E-state index is 12.7. The van der Waals surface area contributed by atoms with E-state index in [9.17, 15) is 14.4 Å². The van der Waals surface area contributed by atoms with Crippen LogP contribution in [0.15, 0.2) is 54.6 Å². The summed E-state index contributed by atoms with van der Waals surface area (Å²) in [5.74, 6) is -0.409. The molecule has 31 heavy (non-hydrogen) atoms. The van der Waals surface area contributed by atoms with Crippen LogP contribution in [0, 0.1) is 0 Å². The number of anilines is 2. The molecule has 2 aromatic rings. The van der Waals surface area contributed by atoms with Gasteiger partial charge in [0, 0.05) is 45.6 Å². The first-order valence-corrected chi connectivity index (χ1v) is 10.8. The van der Waals surface area contributed by atoms with Gasteiger partial charge in [0.25, 0.3) is 0 Å². The van der Waals surface area contributed by atoms with E-state index in [0.29, 0.717) is 24.5 Å². The summed E-state index contributed by atoms with van der Waals surface area (Å²) in [5, 5.41) is 2.77. The first kappa shape index (κ1) is 21.1. The standard InChI is InChI=1S/C24H28N4O3/c29-22-18-28(21-9-5-4-8-20(21)25-22)24(31)11-10-23(30)27-16-14-26(15-17-27)13-12-19-6-2-1-3-7-19/h1-9H,10-18H2,(H,25,29). The van der Waals surface area contributed by atoms with E-state index < -0.39 is 0 Å². The summed E-state index contributed by atoms with van der Waals surface area (Å²) in [5.41, 5.74) is 2.64.